The Balaban J connectivity index is 0.00000242. The molecule has 1 fully saturated rings. The number of aliphatic hydroxyl groups is 1. The highest BCUT2D eigenvalue weighted by Gasteiger charge is 2.22. The summed E-state index contributed by atoms with van der Waals surface area (Å²) in [5.74, 6) is 2.44. The molecule has 2 heterocycles. The SMILES string of the molecule is CCNC(=NCc1nccn1CC(C)C)N1CC[C@@H](O)C1.I. The zero-order valence-corrected chi connectivity index (χ0v) is 16.0. The zero-order chi connectivity index (χ0) is 15.2. The molecule has 0 aromatic carbocycles. The van der Waals surface area contributed by atoms with Crippen molar-refractivity contribution in [2.24, 2.45) is 10.9 Å². The fourth-order valence-electron chi connectivity index (χ4n) is 2.56. The lowest BCUT2D eigenvalue weighted by molar-refractivity contribution is 0.188. The van der Waals surface area contributed by atoms with Crippen LogP contribution in [0, 0.1) is 5.92 Å². The van der Waals surface area contributed by atoms with E-state index in [-0.39, 0.29) is 30.1 Å². The van der Waals surface area contributed by atoms with Gasteiger partial charge in [-0.1, -0.05) is 13.8 Å². The monoisotopic (exact) mass is 421 g/mol. The molecule has 1 saturated heterocycles. The number of halogens is 1. The second kappa shape index (κ2) is 9.34. The van der Waals surface area contributed by atoms with E-state index in [1.807, 2.05) is 12.4 Å². The Morgan fingerprint density at radius 3 is 2.91 bits per heavy atom. The Hall–Kier alpha value is -0.830. The van der Waals surface area contributed by atoms with Crippen molar-refractivity contribution in [2.45, 2.75) is 46.4 Å². The first-order valence-corrected chi connectivity index (χ1v) is 7.81. The van der Waals surface area contributed by atoms with E-state index in [0.717, 1.165) is 37.8 Å². The number of aromatic nitrogens is 2. The van der Waals surface area contributed by atoms with Gasteiger partial charge in [-0.2, -0.15) is 0 Å². The van der Waals surface area contributed by atoms with Crippen LogP contribution in [0.15, 0.2) is 17.4 Å². The van der Waals surface area contributed by atoms with Gasteiger partial charge in [0.05, 0.1) is 6.10 Å². The number of hydrogen-bond donors (Lipinski definition) is 2. The van der Waals surface area contributed by atoms with Crippen LogP contribution in [-0.2, 0) is 13.1 Å². The molecule has 1 aromatic heterocycles. The summed E-state index contributed by atoms with van der Waals surface area (Å²) >= 11 is 0. The van der Waals surface area contributed by atoms with Crippen molar-refractivity contribution in [3.63, 3.8) is 0 Å². The highest BCUT2D eigenvalue weighted by Crippen LogP contribution is 2.10. The zero-order valence-electron chi connectivity index (χ0n) is 13.7. The van der Waals surface area contributed by atoms with Crippen molar-refractivity contribution < 1.29 is 5.11 Å². The maximum Gasteiger partial charge on any atom is 0.194 e. The van der Waals surface area contributed by atoms with Crippen molar-refractivity contribution in [1.29, 1.82) is 0 Å². The predicted octanol–water partition coefficient (Wildman–Crippen LogP) is 1.69. The van der Waals surface area contributed by atoms with Crippen LogP contribution < -0.4 is 5.32 Å². The van der Waals surface area contributed by atoms with Crippen LogP contribution in [0.3, 0.4) is 0 Å². The Morgan fingerprint density at radius 2 is 2.32 bits per heavy atom. The maximum atomic E-state index is 9.67. The molecule has 0 saturated carbocycles. The van der Waals surface area contributed by atoms with Gasteiger partial charge in [0.15, 0.2) is 5.96 Å². The first kappa shape index (κ1) is 19.2. The quantitative estimate of drug-likeness (QED) is 0.432. The first-order chi connectivity index (χ1) is 10.1. The Kier molecular flexibility index (Phi) is 8.16. The van der Waals surface area contributed by atoms with Gasteiger partial charge < -0.3 is 19.9 Å². The minimum Gasteiger partial charge on any atom is -0.391 e. The van der Waals surface area contributed by atoms with Crippen LogP contribution in [0.25, 0.3) is 0 Å². The summed E-state index contributed by atoms with van der Waals surface area (Å²) in [6.07, 6.45) is 4.42. The molecule has 0 radical (unpaired) electrons. The molecule has 126 valence electrons. The largest absolute Gasteiger partial charge is 0.391 e. The van der Waals surface area contributed by atoms with Crippen LogP contribution in [0.2, 0.25) is 0 Å². The van der Waals surface area contributed by atoms with Crippen molar-refractivity contribution in [3.05, 3.63) is 18.2 Å². The summed E-state index contributed by atoms with van der Waals surface area (Å²) in [5, 5.41) is 13.0. The third-order valence-electron chi connectivity index (χ3n) is 3.53. The van der Waals surface area contributed by atoms with Crippen molar-refractivity contribution in [3.8, 4) is 0 Å². The summed E-state index contributed by atoms with van der Waals surface area (Å²) in [6, 6.07) is 0. The summed E-state index contributed by atoms with van der Waals surface area (Å²) in [6.45, 7) is 10.3. The molecule has 6 nitrogen and oxygen atoms in total. The maximum absolute atomic E-state index is 9.67. The number of guanidine groups is 1. The number of aliphatic imine (C=N–C) groups is 1. The molecule has 7 heteroatoms. The molecule has 0 spiro atoms. The van der Waals surface area contributed by atoms with Crippen LogP contribution in [0.4, 0.5) is 0 Å². The molecule has 0 amide bonds. The fraction of sp³-hybridized carbons (Fsp3) is 0.733. The molecule has 1 aliphatic heterocycles. The van der Waals surface area contributed by atoms with Gasteiger partial charge in [0.25, 0.3) is 0 Å². The number of hydrogen-bond acceptors (Lipinski definition) is 3. The lowest BCUT2D eigenvalue weighted by atomic mass is 10.2. The number of likely N-dealkylation sites (tertiary alicyclic amines) is 1. The molecule has 22 heavy (non-hydrogen) atoms. The van der Waals surface area contributed by atoms with E-state index in [1.165, 1.54) is 0 Å². The van der Waals surface area contributed by atoms with Crippen LogP contribution in [-0.4, -0.2) is 51.3 Å². The van der Waals surface area contributed by atoms with E-state index >= 15 is 0 Å². The van der Waals surface area contributed by atoms with E-state index in [1.54, 1.807) is 0 Å². The summed E-state index contributed by atoms with van der Waals surface area (Å²) < 4.78 is 2.16. The molecule has 2 rings (SSSR count). The molecule has 0 unspecified atom stereocenters. The van der Waals surface area contributed by atoms with E-state index in [2.05, 4.69) is 45.5 Å². The molecule has 1 aromatic rings. The number of nitrogens with zero attached hydrogens (tertiary/aromatic N) is 4. The van der Waals surface area contributed by atoms with Gasteiger partial charge in [0.1, 0.15) is 12.4 Å². The minimum atomic E-state index is -0.239. The highest BCUT2D eigenvalue weighted by atomic mass is 127. The van der Waals surface area contributed by atoms with Gasteiger partial charge in [0.2, 0.25) is 0 Å². The lowest BCUT2D eigenvalue weighted by Crippen LogP contribution is -2.40. The number of nitrogens with one attached hydrogen (secondary N) is 1. The molecule has 0 aliphatic carbocycles. The predicted molar refractivity (Wildman–Crippen MR) is 99.5 cm³/mol. The van der Waals surface area contributed by atoms with E-state index in [4.69, 9.17) is 0 Å². The number of aliphatic hydroxyl groups excluding tert-OH is 1. The second-order valence-corrected chi connectivity index (χ2v) is 5.95. The molecule has 1 atom stereocenters. The van der Waals surface area contributed by atoms with E-state index < -0.39 is 0 Å². The first-order valence-electron chi connectivity index (χ1n) is 7.81. The average Bonchev–Trinajstić information content (AvgIpc) is 3.03. The van der Waals surface area contributed by atoms with Gasteiger partial charge in [-0.05, 0) is 19.3 Å². The highest BCUT2D eigenvalue weighted by molar-refractivity contribution is 14.0. The van der Waals surface area contributed by atoms with Gasteiger partial charge in [-0.25, -0.2) is 9.98 Å². The minimum absolute atomic E-state index is 0. The number of rotatable bonds is 5. The normalized spacial score (nSPS) is 18.7. The van der Waals surface area contributed by atoms with Gasteiger partial charge in [-0.15, -0.1) is 24.0 Å². The Morgan fingerprint density at radius 1 is 1.55 bits per heavy atom. The van der Waals surface area contributed by atoms with Crippen molar-refractivity contribution >= 4 is 29.9 Å². The van der Waals surface area contributed by atoms with Crippen molar-refractivity contribution in [1.82, 2.24) is 19.8 Å². The van der Waals surface area contributed by atoms with Gasteiger partial charge in [0, 0.05) is 38.6 Å². The van der Waals surface area contributed by atoms with Gasteiger partial charge >= 0.3 is 0 Å². The molecule has 0 bridgehead atoms. The van der Waals surface area contributed by atoms with E-state index in [9.17, 15) is 5.11 Å². The Bertz CT molecular complexity index is 474. The standard InChI is InChI=1S/C15H27N5O.HI/c1-4-16-15(20-7-5-13(21)11-20)18-9-14-17-6-8-19(14)10-12(2)3;/h6,8,12-13,21H,4-5,7,9-11H2,1-3H3,(H,16,18);1H/t13-;/m1./s1. The molecule has 2 N–H and O–H groups in total. The third-order valence-corrected chi connectivity index (χ3v) is 3.53. The Labute approximate surface area is 150 Å². The summed E-state index contributed by atoms with van der Waals surface area (Å²) in [5.41, 5.74) is 0. The number of imidazole rings is 1. The summed E-state index contributed by atoms with van der Waals surface area (Å²) in [4.78, 5) is 11.2. The topological polar surface area (TPSA) is 65.7 Å². The second-order valence-electron chi connectivity index (χ2n) is 5.95. The van der Waals surface area contributed by atoms with E-state index in [0.29, 0.717) is 19.0 Å². The van der Waals surface area contributed by atoms with Crippen LogP contribution in [0.5, 0.6) is 0 Å². The smallest absolute Gasteiger partial charge is 0.194 e. The molecular formula is C15H28IN5O. The third kappa shape index (κ3) is 5.42. The van der Waals surface area contributed by atoms with Crippen molar-refractivity contribution in [2.75, 3.05) is 19.6 Å². The van der Waals surface area contributed by atoms with Crippen LogP contribution in [0.1, 0.15) is 33.0 Å². The average molecular weight is 421 g/mol. The molecule has 1 aliphatic rings. The van der Waals surface area contributed by atoms with Crippen LogP contribution >= 0.6 is 24.0 Å². The lowest BCUT2D eigenvalue weighted by Gasteiger charge is -2.21. The van der Waals surface area contributed by atoms with Gasteiger partial charge in [-0.3, -0.25) is 0 Å². The number of β-amino-alcohol motifs (C(OH)–C–C–N with tert-alkyl or cyclic N) is 1. The molecular weight excluding hydrogens is 393 g/mol. The summed E-state index contributed by atoms with van der Waals surface area (Å²) in [7, 11) is 0. The fourth-order valence-corrected chi connectivity index (χ4v) is 2.56.